The third-order valence-electron chi connectivity index (χ3n) is 6.24. The van der Waals surface area contributed by atoms with Crippen LogP contribution in [0.2, 0.25) is 0 Å². The van der Waals surface area contributed by atoms with Crippen molar-refractivity contribution in [1.82, 2.24) is 4.90 Å². The second kappa shape index (κ2) is 6.46. The average Bonchev–Trinajstić information content (AvgIpc) is 2.61. The molecule has 1 aromatic carbocycles. The number of fused-ring (bicyclic) bond motifs is 1. The number of ether oxygens (including phenoxy) is 2. The number of carbonyl (C=O) groups excluding carboxylic acids is 1. The highest BCUT2D eigenvalue weighted by molar-refractivity contribution is 6.28. The van der Waals surface area contributed by atoms with E-state index in [1.807, 2.05) is 27.0 Å². The first-order chi connectivity index (χ1) is 12.2. The fourth-order valence-corrected chi connectivity index (χ4v) is 5.13. The molecular weight excluding hydrogens is 354 g/mol. The summed E-state index contributed by atoms with van der Waals surface area (Å²) in [6.07, 6.45) is 2.59. The lowest BCUT2D eigenvalue weighted by Gasteiger charge is -2.57. The van der Waals surface area contributed by atoms with Crippen LogP contribution in [0.5, 0.6) is 11.5 Å². The van der Waals surface area contributed by atoms with Gasteiger partial charge in [0, 0.05) is 23.4 Å². The number of likely N-dealkylation sites (tertiary alicyclic amines) is 1. The van der Waals surface area contributed by atoms with Crippen molar-refractivity contribution in [3.8, 4) is 11.5 Å². The van der Waals surface area contributed by atoms with E-state index in [4.69, 9.17) is 21.1 Å². The number of ketones is 1. The highest BCUT2D eigenvalue weighted by Crippen LogP contribution is 2.58. The van der Waals surface area contributed by atoms with Gasteiger partial charge in [-0.1, -0.05) is 6.07 Å². The van der Waals surface area contributed by atoms with Crippen molar-refractivity contribution in [3.05, 3.63) is 35.1 Å². The second-order valence-corrected chi connectivity index (χ2v) is 8.00. The molecule has 1 aromatic rings. The molecule has 1 heterocycles. The van der Waals surface area contributed by atoms with Crippen LogP contribution in [-0.2, 0) is 14.9 Å². The molecule has 3 atom stereocenters. The first-order valence-corrected chi connectivity index (χ1v) is 9.16. The van der Waals surface area contributed by atoms with Crippen LogP contribution in [0.1, 0.15) is 30.9 Å². The maximum Gasteiger partial charge on any atom is 0.198 e. The van der Waals surface area contributed by atoms with Crippen molar-refractivity contribution >= 4 is 17.4 Å². The van der Waals surface area contributed by atoms with Crippen LogP contribution in [0.25, 0.3) is 0 Å². The number of hydrogen-bond acceptors (Lipinski definition) is 5. The Labute approximate surface area is 159 Å². The SMILES string of the molecule is COC1=CC2(Cl)C(C)N(C)CCC2(c2c(C)ccc(OC)c2O)CC1=O. The van der Waals surface area contributed by atoms with Gasteiger partial charge < -0.3 is 19.5 Å². The van der Waals surface area contributed by atoms with Gasteiger partial charge in [-0.15, -0.1) is 11.6 Å². The van der Waals surface area contributed by atoms with Crippen molar-refractivity contribution in [2.45, 2.75) is 43.0 Å². The molecular formula is C20H26ClNO4. The minimum absolute atomic E-state index is 0.0545. The van der Waals surface area contributed by atoms with Gasteiger partial charge in [0.15, 0.2) is 23.0 Å². The van der Waals surface area contributed by atoms with Gasteiger partial charge in [-0.25, -0.2) is 0 Å². The molecule has 0 amide bonds. The van der Waals surface area contributed by atoms with E-state index < -0.39 is 10.3 Å². The van der Waals surface area contributed by atoms with Crippen LogP contribution in [0.3, 0.4) is 0 Å². The number of benzene rings is 1. The Morgan fingerprint density at radius 2 is 2.00 bits per heavy atom. The van der Waals surface area contributed by atoms with E-state index >= 15 is 0 Å². The number of aromatic hydroxyl groups is 1. The van der Waals surface area contributed by atoms with E-state index in [2.05, 4.69) is 4.90 Å². The minimum Gasteiger partial charge on any atom is -0.504 e. The normalized spacial score (nSPS) is 32.0. The summed E-state index contributed by atoms with van der Waals surface area (Å²) >= 11 is 7.29. The summed E-state index contributed by atoms with van der Waals surface area (Å²) in [7, 11) is 5.03. The number of alkyl halides is 1. The standard InChI is InChI=1S/C20H26ClNO4/c1-12-6-7-15(25-4)18(24)17(12)19-8-9-22(3)13(2)20(19,21)11-16(26-5)14(23)10-19/h6-7,11,13,24H,8-10H2,1-5H3. The maximum absolute atomic E-state index is 12.8. The van der Waals surface area contributed by atoms with Gasteiger partial charge in [0.2, 0.25) is 0 Å². The van der Waals surface area contributed by atoms with E-state index in [1.165, 1.54) is 14.2 Å². The van der Waals surface area contributed by atoms with Gasteiger partial charge in [0.1, 0.15) is 0 Å². The largest absolute Gasteiger partial charge is 0.504 e. The highest BCUT2D eigenvalue weighted by Gasteiger charge is 2.61. The number of rotatable bonds is 3. The quantitative estimate of drug-likeness (QED) is 0.817. The van der Waals surface area contributed by atoms with Crippen molar-refractivity contribution in [2.75, 3.05) is 27.8 Å². The monoisotopic (exact) mass is 379 g/mol. The molecule has 2 aliphatic rings. The lowest BCUT2D eigenvalue weighted by molar-refractivity contribution is -0.122. The maximum atomic E-state index is 12.8. The molecule has 1 saturated heterocycles. The van der Waals surface area contributed by atoms with Crippen LogP contribution in [0.15, 0.2) is 24.0 Å². The Balaban J connectivity index is 2.33. The minimum atomic E-state index is -0.895. The van der Waals surface area contributed by atoms with Crippen LogP contribution in [0.4, 0.5) is 0 Å². The van der Waals surface area contributed by atoms with Gasteiger partial charge >= 0.3 is 0 Å². The fraction of sp³-hybridized carbons (Fsp3) is 0.550. The summed E-state index contributed by atoms with van der Waals surface area (Å²) in [5.74, 6) is 0.649. The Bertz CT molecular complexity index is 777. The zero-order valence-electron chi connectivity index (χ0n) is 15.9. The van der Waals surface area contributed by atoms with Crippen LogP contribution in [-0.4, -0.2) is 54.5 Å². The Morgan fingerprint density at radius 3 is 2.62 bits per heavy atom. The summed E-state index contributed by atoms with van der Waals surface area (Å²) in [6.45, 7) is 4.76. The number of halogens is 1. The van der Waals surface area contributed by atoms with Crippen molar-refractivity contribution in [2.24, 2.45) is 0 Å². The molecule has 5 nitrogen and oxygen atoms in total. The predicted molar refractivity (Wildman–Crippen MR) is 101 cm³/mol. The van der Waals surface area contributed by atoms with E-state index in [0.717, 1.165) is 12.1 Å². The first-order valence-electron chi connectivity index (χ1n) is 8.78. The Morgan fingerprint density at radius 1 is 1.31 bits per heavy atom. The van der Waals surface area contributed by atoms with E-state index in [0.29, 0.717) is 17.7 Å². The molecule has 1 aliphatic heterocycles. The Kier molecular flexibility index (Phi) is 4.74. The molecule has 6 heteroatoms. The van der Waals surface area contributed by atoms with Gasteiger partial charge in [-0.05, 0) is 51.6 Å². The molecule has 26 heavy (non-hydrogen) atoms. The third-order valence-corrected chi connectivity index (χ3v) is 7.03. The average molecular weight is 380 g/mol. The number of nitrogens with zero attached hydrogens (tertiary/aromatic N) is 1. The lowest BCUT2D eigenvalue weighted by Crippen LogP contribution is -2.65. The van der Waals surface area contributed by atoms with Gasteiger partial charge in [0.25, 0.3) is 0 Å². The number of methoxy groups -OCH3 is 2. The molecule has 0 aromatic heterocycles. The Hall–Kier alpha value is -1.72. The van der Waals surface area contributed by atoms with Crippen LogP contribution >= 0.6 is 11.6 Å². The number of aryl methyl sites for hydroxylation is 1. The molecule has 0 bridgehead atoms. The topological polar surface area (TPSA) is 59.0 Å². The number of phenols is 1. The molecule has 0 saturated carbocycles. The van der Waals surface area contributed by atoms with Crippen LogP contribution < -0.4 is 4.74 Å². The van der Waals surface area contributed by atoms with Crippen molar-refractivity contribution < 1.29 is 19.4 Å². The van der Waals surface area contributed by atoms with E-state index in [9.17, 15) is 9.90 Å². The van der Waals surface area contributed by atoms with Gasteiger partial charge in [-0.3, -0.25) is 4.79 Å². The zero-order valence-corrected chi connectivity index (χ0v) is 16.7. The summed E-state index contributed by atoms with van der Waals surface area (Å²) in [4.78, 5) is 14.1. The lowest BCUT2D eigenvalue weighted by atomic mass is 9.57. The summed E-state index contributed by atoms with van der Waals surface area (Å²) in [5, 5.41) is 11.0. The molecule has 3 rings (SSSR count). The molecule has 0 radical (unpaired) electrons. The zero-order chi connectivity index (χ0) is 19.3. The summed E-state index contributed by atoms with van der Waals surface area (Å²) in [5.41, 5.74) is 0.862. The highest BCUT2D eigenvalue weighted by atomic mass is 35.5. The van der Waals surface area contributed by atoms with Gasteiger partial charge in [0.05, 0.1) is 19.1 Å². The summed E-state index contributed by atoms with van der Waals surface area (Å²) < 4.78 is 10.6. The second-order valence-electron chi connectivity index (χ2n) is 7.38. The smallest absolute Gasteiger partial charge is 0.198 e. The molecule has 1 aliphatic carbocycles. The molecule has 0 spiro atoms. The predicted octanol–water partition coefficient (Wildman–Crippen LogP) is 3.15. The molecule has 1 fully saturated rings. The fourth-order valence-electron chi connectivity index (χ4n) is 4.61. The number of Topliss-reactive ketones (excluding diaryl/α,β-unsaturated/α-hetero) is 1. The number of hydrogen-bond donors (Lipinski definition) is 1. The number of allylic oxidation sites excluding steroid dienone is 1. The first kappa shape index (κ1) is 19.1. The molecule has 3 unspecified atom stereocenters. The van der Waals surface area contributed by atoms with Gasteiger partial charge in [-0.2, -0.15) is 0 Å². The van der Waals surface area contributed by atoms with Crippen LogP contribution in [0, 0.1) is 6.92 Å². The number of carbonyl (C=O) groups is 1. The molecule has 1 N–H and O–H groups in total. The number of piperidine rings is 1. The number of phenolic OH excluding ortho intramolecular Hbond substituents is 1. The summed E-state index contributed by atoms with van der Waals surface area (Å²) in [6, 6.07) is 3.59. The van der Waals surface area contributed by atoms with E-state index in [-0.39, 0.29) is 29.8 Å². The van der Waals surface area contributed by atoms with Crippen molar-refractivity contribution in [3.63, 3.8) is 0 Å². The third kappa shape index (κ3) is 2.44. The molecule has 142 valence electrons. The van der Waals surface area contributed by atoms with E-state index in [1.54, 1.807) is 12.1 Å². The van der Waals surface area contributed by atoms with Crippen molar-refractivity contribution in [1.29, 1.82) is 0 Å².